The molecule has 0 saturated heterocycles. The van der Waals surface area contributed by atoms with E-state index in [-0.39, 0.29) is 48.6 Å². The molecule has 0 unspecified atom stereocenters. The Bertz CT molecular complexity index is 3670. The van der Waals surface area contributed by atoms with E-state index in [1.807, 2.05) is 38.2 Å². The van der Waals surface area contributed by atoms with E-state index in [9.17, 15) is 2.74 Å². The van der Waals surface area contributed by atoms with E-state index in [2.05, 4.69) is 230 Å². The van der Waals surface area contributed by atoms with Crippen molar-refractivity contribution in [2.45, 2.75) is 124 Å². The van der Waals surface area contributed by atoms with Gasteiger partial charge in [0.05, 0.1) is 0 Å². The van der Waals surface area contributed by atoms with Crippen LogP contribution < -0.4 is 14.5 Å². The molecule has 0 atom stereocenters. The van der Waals surface area contributed by atoms with Gasteiger partial charge in [-0.15, -0.1) is 48.1 Å². The van der Waals surface area contributed by atoms with Gasteiger partial charge in [0.25, 0.3) is 0 Å². The predicted octanol–water partition coefficient (Wildman–Crippen LogP) is 18.5. The van der Waals surface area contributed by atoms with E-state index >= 15 is 0 Å². The first-order valence-corrected chi connectivity index (χ1v) is 26.1. The Morgan fingerprint density at radius 2 is 1.27 bits per heavy atom. The van der Waals surface area contributed by atoms with Crippen molar-refractivity contribution in [3.8, 4) is 39.6 Å². The number of rotatable bonds is 9. The molecule has 0 radical (unpaired) electrons. The second-order valence-electron chi connectivity index (χ2n) is 24.0. The monoisotopic (exact) mass is 1150 g/mol. The maximum Gasteiger partial charge on any atom is 0.135 e. The first-order chi connectivity index (χ1) is 35.5. The molecule has 2 aliphatic rings. The van der Waals surface area contributed by atoms with Gasteiger partial charge in [0.1, 0.15) is 5.82 Å². The van der Waals surface area contributed by atoms with Gasteiger partial charge in [0.15, 0.2) is 0 Å². The number of aromatic nitrogens is 2. The summed E-state index contributed by atoms with van der Waals surface area (Å²) in [7, 11) is 0. The Hall–Kier alpha value is -6.42. The number of nitrogens with zero attached hydrogens (tertiary/aromatic N) is 4. The molecule has 0 N–H and O–H groups in total. The smallest absolute Gasteiger partial charge is 0.135 e. The molecule has 0 saturated carbocycles. The van der Waals surface area contributed by atoms with Gasteiger partial charge in [0.2, 0.25) is 0 Å². The average Bonchev–Trinajstić information content (AvgIpc) is 3.96. The van der Waals surface area contributed by atoms with Crippen molar-refractivity contribution in [2.24, 2.45) is 5.92 Å². The molecule has 11 rings (SSSR count). The van der Waals surface area contributed by atoms with Crippen LogP contribution in [0.3, 0.4) is 0 Å². The van der Waals surface area contributed by atoms with Crippen LogP contribution in [0.1, 0.15) is 126 Å². The Balaban J connectivity index is 0.00000657. The fourth-order valence-electron chi connectivity index (χ4n) is 11.1. The summed E-state index contributed by atoms with van der Waals surface area (Å²) in [4.78, 5) is 9.39. The van der Waals surface area contributed by atoms with Gasteiger partial charge in [-0.3, -0.25) is 0 Å². The quantitative estimate of drug-likeness (QED) is 0.135. The zero-order valence-electron chi connectivity index (χ0n) is 47.0. The summed E-state index contributed by atoms with van der Waals surface area (Å²) in [5.41, 5.74) is 15.6. The van der Waals surface area contributed by atoms with Crippen LogP contribution >= 0.6 is 0 Å². The van der Waals surface area contributed by atoms with Crippen molar-refractivity contribution in [3.05, 3.63) is 198 Å². The van der Waals surface area contributed by atoms with Crippen molar-refractivity contribution in [1.29, 1.82) is 0 Å². The first-order valence-electron chi connectivity index (χ1n) is 27.1. The minimum Gasteiger partial charge on any atom is -0.509 e. The van der Waals surface area contributed by atoms with Gasteiger partial charge in [-0.1, -0.05) is 161 Å². The fraction of sp³-hybridized carbons (Fsp3) is 0.294. The van der Waals surface area contributed by atoms with Gasteiger partial charge in [-0.05, 0) is 134 Å². The number of pyridine rings is 1. The van der Waals surface area contributed by atoms with Gasteiger partial charge in [0, 0.05) is 75.2 Å². The Morgan fingerprint density at radius 3 is 1.97 bits per heavy atom. The molecule has 74 heavy (non-hydrogen) atoms. The molecular weight excluding hydrogens is 1080 g/mol. The second kappa shape index (κ2) is 19.1. The van der Waals surface area contributed by atoms with E-state index in [1.54, 1.807) is 0 Å². The van der Waals surface area contributed by atoms with Crippen LogP contribution in [0.5, 0.6) is 11.5 Å². The number of hydrogen-bond acceptors (Lipinski definition) is 4. The summed E-state index contributed by atoms with van der Waals surface area (Å²) in [6.07, 6.45) is 2.50. The summed E-state index contributed by atoms with van der Waals surface area (Å²) in [6.45, 7) is 29.0. The van der Waals surface area contributed by atoms with Gasteiger partial charge < -0.3 is 19.1 Å². The molecule has 6 heteroatoms. The van der Waals surface area contributed by atoms with Crippen LogP contribution in [0, 0.1) is 24.7 Å². The zero-order chi connectivity index (χ0) is 53.0. The third-order valence-corrected chi connectivity index (χ3v) is 15.3. The van der Waals surface area contributed by atoms with Crippen molar-refractivity contribution in [3.63, 3.8) is 0 Å². The number of para-hydroxylation sites is 3. The Morgan fingerprint density at radius 1 is 0.635 bits per heavy atom. The molecule has 2 aromatic heterocycles. The van der Waals surface area contributed by atoms with Crippen molar-refractivity contribution in [2.75, 3.05) is 9.80 Å². The molecule has 5 nitrogen and oxygen atoms in total. The van der Waals surface area contributed by atoms with Crippen LogP contribution in [0.4, 0.5) is 22.7 Å². The minimum absolute atomic E-state index is 0. The molecule has 0 bridgehead atoms. The second-order valence-corrected chi connectivity index (χ2v) is 24.0. The van der Waals surface area contributed by atoms with Crippen molar-refractivity contribution >= 4 is 44.6 Å². The van der Waals surface area contributed by atoms with Crippen LogP contribution in [0.15, 0.2) is 152 Å². The average molecular weight is 1160 g/mol. The van der Waals surface area contributed by atoms with E-state index in [0.717, 1.165) is 85.5 Å². The summed E-state index contributed by atoms with van der Waals surface area (Å²) < 4.78 is 28.2. The molecule has 380 valence electrons. The molecule has 1 aliphatic carbocycles. The third-order valence-electron chi connectivity index (χ3n) is 15.3. The van der Waals surface area contributed by atoms with Gasteiger partial charge >= 0.3 is 0 Å². The van der Waals surface area contributed by atoms with E-state index in [4.69, 9.17) is 9.72 Å². The maximum absolute atomic E-state index is 9.62. The number of fused-ring (bicyclic) bond motifs is 5. The van der Waals surface area contributed by atoms with E-state index in [1.165, 1.54) is 22.3 Å². The SMILES string of the molecule is [2H]C([2H])(c1cc(-c2ccc(C(C)(C)C)cc2)c(N2[CH-]N(c3[c-]c(Oc4[c-]c5c(cc4)c4ccccc4n5-c4cc(C(C)(C)C)ccn4)ccc3)c3ccccc32)c(-c2ccc3c(c2)C(C)(C)CCC3(C)C)c1)C(C)C.[Pt]. The number of ether oxygens (including phenoxy) is 1. The molecule has 0 amide bonds. The molecule has 0 fully saturated rings. The van der Waals surface area contributed by atoms with Crippen LogP contribution in [-0.4, -0.2) is 9.55 Å². The Kier molecular flexibility index (Phi) is 12.5. The van der Waals surface area contributed by atoms with E-state index < -0.39 is 6.37 Å². The largest absolute Gasteiger partial charge is 0.509 e. The molecule has 1 aliphatic heterocycles. The molecular formula is C68H69N4OPt-3. The summed E-state index contributed by atoms with van der Waals surface area (Å²) in [6, 6.07) is 58.9. The summed E-state index contributed by atoms with van der Waals surface area (Å²) >= 11 is 0. The Labute approximate surface area is 457 Å². The number of anilines is 4. The summed E-state index contributed by atoms with van der Waals surface area (Å²) in [5.74, 6) is 1.71. The number of benzene rings is 7. The van der Waals surface area contributed by atoms with Crippen molar-refractivity contribution < 1.29 is 28.5 Å². The van der Waals surface area contributed by atoms with Gasteiger partial charge in [-0.2, -0.15) is 12.1 Å². The topological polar surface area (TPSA) is 33.5 Å². The van der Waals surface area contributed by atoms with Crippen LogP contribution in [-0.2, 0) is 49.1 Å². The summed E-state index contributed by atoms with van der Waals surface area (Å²) in [5, 5.41) is 2.20. The zero-order valence-corrected chi connectivity index (χ0v) is 47.3. The maximum atomic E-state index is 9.62. The molecule has 9 aromatic rings. The first kappa shape index (κ1) is 48.5. The molecule has 0 spiro atoms. The fourth-order valence-corrected chi connectivity index (χ4v) is 11.1. The predicted molar refractivity (Wildman–Crippen MR) is 306 cm³/mol. The minimum atomic E-state index is -1.61. The standard InChI is InChI=1S/C68H69N4O.Pt/c1-44(2)36-45-37-55(46-24-27-48(28-25-46)65(3,4)5)64(56(38-45)47-26-31-57-58(39-47)68(11,12)34-33-67(57,9)10)71-43-70(60-22-15-16-23-61(60)71)50-18-17-19-51(41-50)73-52-29-30-54-53-20-13-14-21-59(53)72(62(54)42-52)63-40-49(32-35-69-63)66(6,7)8;/h13-32,35,37-40,43-44H,33-34,36H2,1-12H3;/q-3;/i36D2;. The molecule has 7 aromatic carbocycles. The van der Waals surface area contributed by atoms with E-state index in [0.29, 0.717) is 17.1 Å². The van der Waals surface area contributed by atoms with Gasteiger partial charge in [-0.25, -0.2) is 4.98 Å². The number of hydrogen-bond donors (Lipinski definition) is 0. The van der Waals surface area contributed by atoms with Crippen molar-refractivity contribution in [1.82, 2.24) is 9.55 Å². The molecule has 3 heterocycles. The van der Waals surface area contributed by atoms with Crippen LogP contribution in [0.25, 0.3) is 49.9 Å². The third kappa shape index (κ3) is 9.40. The van der Waals surface area contributed by atoms with Crippen LogP contribution in [0.2, 0.25) is 0 Å². The normalized spacial score (nSPS) is 15.7.